The molecule has 60 heavy (non-hydrogen) atoms. The molecule has 10 aromatic rings. The predicted molar refractivity (Wildman–Crippen MR) is 242 cm³/mol. The highest BCUT2D eigenvalue weighted by Gasteiger charge is 2.16. The molecule has 6 aromatic heterocycles. The Labute approximate surface area is 348 Å². The molecule has 0 N–H and O–H groups in total. The molecular weight excluding hydrogens is 745 g/mol. The van der Waals surface area contributed by atoms with Crippen LogP contribution < -0.4 is 9.47 Å². The fourth-order valence-corrected chi connectivity index (χ4v) is 7.82. The first-order chi connectivity index (χ1) is 29.7. The van der Waals surface area contributed by atoms with Crippen molar-refractivity contribution in [3.05, 3.63) is 134 Å². The van der Waals surface area contributed by atoms with E-state index in [1.165, 1.54) is 38.5 Å². The van der Waals surface area contributed by atoms with Crippen molar-refractivity contribution in [2.45, 2.75) is 65.2 Å². The number of benzene rings is 4. The maximum atomic E-state index is 5.89. The summed E-state index contributed by atoms with van der Waals surface area (Å²) in [6.07, 6.45) is 13.3. The first-order valence-corrected chi connectivity index (χ1v) is 21.2. The number of fused-ring (bicyclic) bond motifs is 10. The topological polar surface area (TPSA) is 105 Å². The molecule has 6 heterocycles. The Balaban J connectivity index is 0.000000154. The summed E-state index contributed by atoms with van der Waals surface area (Å²) in [5, 5.41) is 22.2. The zero-order chi connectivity index (χ0) is 40.7. The van der Waals surface area contributed by atoms with E-state index in [2.05, 4.69) is 126 Å². The van der Waals surface area contributed by atoms with Gasteiger partial charge < -0.3 is 9.47 Å². The van der Waals surface area contributed by atoms with Gasteiger partial charge in [0, 0.05) is 45.1 Å². The van der Waals surface area contributed by atoms with E-state index >= 15 is 0 Å². The standard InChI is InChI=1S/2C25H24N4O/c2*1-2-3-4-5-17-30-21-13-10-20(11-14-21)25-28-27-22-15-12-19-9-8-18-7-6-16-26-23(18)24(19)29(22)25/h2*6-16H,2-5,17H2,1H3. The fraction of sp³-hybridized carbons (Fsp3) is 0.240. The highest BCUT2D eigenvalue weighted by atomic mass is 16.5. The molecular formula is C50H48N8O2. The van der Waals surface area contributed by atoms with E-state index in [4.69, 9.17) is 9.47 Å². The van der Waals surface area contributed by atoms with Gasteiger partial charge >= 0.3 is 0 Å². The Morgan fingerprint density at radius 2 is 0.833 bits per heavy atom. The van der Waals surface area contributed by atoms with Crippen LogP contribution in [0.15, 0.2) is 134 Å². The Bertz CT molecular complexity index is 2820. The number of nitrogens with zero attached hydrogens (tertiary/aromatic N) is 8. The van der Waals surface area contributed by atoms with Crippen LogP contribution in [0.25, 0.3) is 77.7 Å². The summed E-state index contributed by atoms with van der Waals surface area (Å²) < 4.78 is 16.0. The summed E-state index contributed by atoms with van der Waals surface area (Å²) in [5.41, 5.74) is 7.59. The number of hydrogen-bond acceptors (Lipinski definition) is 8. The summed E-state index contributed by atoms with van der Waals surface area (Å²) >= 11 is 0. The van der Waals surface area contributed by atoms with Gasteiger partial charge in [-0.25, -0.2) is 0 Å². The second-order valence-electron chi connectivity index (χ2n) is 15.1. The molecule has 0 atom stereocenters. The zero-order valence-electron chi connectivity index (χ0n) is 34.2. The third-order valence-electron chi connectivity index (χ3n) is 11.0. The SMILES string of the molecule is CCCCCCOc1ccc(-c2nnc3ccc4ccc5cccnc5c4n23)cc1.CCCCCCOc1ccc(-c2nnc3ccc4ccc5cccnc5c4n23)cc1. The molecule has 0 aliphatic heterocycles. The summed E-state index contributed by atoms with van der Waals surface area (Å²) in [4.78, 5) is 9.29. The van der Waals surface area contributed by atoms with Crippen molar-refractivity contribution in [2.24, 2.45) is 0 Å². The van der Waals surface area contributed by atoms with E-state index in [1.54, 1.807) is 0 Å². The van der Waals surface area contributed by atoms with Gasteiger partial charge in [-0.1, -0.05) is 88.8 Å². The second-order valence-corrected chi connectivity index (χ2v) is 15.1. The van der Waals surface area contributed by atoms with Crippen molar-refractivity contribution in [3.8, 4) is 34.3 Å². The molecule has 10 heteroatoms. The van der Waals surface area contributed by atoms with E-state index in [1.807, 2.05) is 60.9 Å². The van der Waals surface area contributed by atoms with Crippen LogP contribution >= 0.6 is 0 Å². The smallest absolute Gasteiger partial charge is 0.168 e. The molecule has 0 radical (unpaired) electrons. The van der Waals surface area contributed by atoms with E-state index in [9.17, 15) is 0 Å². The molecule has 0 unspecified atom stereocenters. The second kappa shape index (κ2) is 17.9. The normalized spacial score (nSPS) is 11.5. The van der Waals surface area contributed by atoms with Crippen molar-refractivity contribution >= 4 is 54.9 Å². The molecule has 0 saturated heterocycles. The van der Waals surface area contributed by atoms with Crippen LogP contribution in [0.4, 0.5) is 0 Å². The lowest BCUT2D eigenvalue weighted by Crippen LogP contribution is -1.97. The van der Waals surface area contributed by atoms with E-state index < -0.39 is 0 Å². The highest BCUT2D eigenvalue weighted by Crippen LogP contribution is 2.31. The summed E-state index contributed by atoms with van der Waals surface area (Å²) in [6.45, 7) is 5.96. The highest BCUT2D eigenvalue weighted by molar-refractivity contribution is 6.05. The van der Waals surface area contributed by atoms with E-state index in [-0.39, 0.29) is 0 Å². The van der Waals surface area contributed by atoms with Gasteiger partial charge in [0.05, 0.1) is 35.3 Å². The van der Waals surface area contributed by atoms with E-state index in [0.29, 0.717) is 0 Å². The van der Waals surface area contributed by atoms with Crippen LogP contribution in [0.2, 0.25) is 0 Å². The molecule has 300 valence electrons. The predicted octanol–water partition coefficient (Wildman–Crippen LogP) is 12.1. The summed E-state index contributed by atoms with van der Waals surface area (Å²) in [7, 11) is 0. The van der Waals surface area contributed by atoms with Crippen molar-refractivity contribution in [3.63, 3.8) is 0 Å². The molecule has 0 bridgehead atoms. The minimum atomic E-state index is 0.759. The molecule has 0 spiro atoms. The molecule has 10 nitrogen and oxygen atoms in total. The van der Waals surface area contributed by atoms with Gasteiger partial charge in [0.1, 0.15) is 11.5 Å². The molecule has 4 aromatic carbocycles. The average Bonchev–Trinajstić information content (AvgIpc) is 3.95. The Hall–Kier alpha value is -6.94. The van der Waals surface area contributed by atoms with Crippen molar-refractivity contribution in [1.82, 2.24) is 39.2 Å². The Kier molecular flexibility index (Phi) is 11.5. The molecule has 0 aliphatic rings. The van der Waals surface area contributed by atoms with Gasteiger partial charge in [-0.3, -0.25) is 18.8 Å². The van der Waals surface area contributed by atoms with Gasteiger partial charge in [0.2, 0.25) is 0 Å². The first kappa shape index (κ1) is 38.6. The molecule has 0 fully saturated rings. The maximum absolute atomic E-state index is 5.89. The van der Waals surface area contributed by atoms with Crippen molar-refractivity contribution in [2.75, 3.05) is 13.2 Å². The third-order valence-corrected chi connectivity index (χ3v) is 11.0. The lowest BCUT2D eigenvalue weighted by Gasteiger charge is -2.09. The molecule has 0 aliphatic carbocycles. The number of hydrogen-bond donors (Lipinski definition) is 0. The van der Waals surface area contributed by atoms with Gasteiger partial charge in [0.15, 0.2) is 22.9 Å². The van der Waals surface area contributed by atoms with Crippen LogP contribution in [0.3, 0.4) is 0 Å². The number of unbranched alkanes of at least 4 members (excludes halogenated alkanes) is 6. The lowest BCUT2D eigenvalue weighted by atomic mass is 10.1. The summed E-state index contributed by atoms with van der Waals surface area (Å²) in [5.74, 6) is 3.40. The molecule has 0 saturated carbocycles. The zero-order valence-corrected chi connectivity index (χ0v) is 34.2. The Morgan fingerprint density at radius 1 is 0.417 bits per heavy atom. The van der Waals surface area contributed by atoms with Crippen molar-refractivity contribution < 1.29 is 9.47 Å². The van der Waals surface area contributed by atoms with Gasteiger partial charge in [-0.05, 0) is 97.8 Å². The monoisotopic (exact) mass is 792 g/mol. The lowest BCUT2D eigenvalue weighted by molar-refractivity contribution is 0.305. The van der Waals surface area contributed by atoms with Crippen LogP contribution in [0, 0.1) is 0 Å². The minimum Gasteiger partial charge on any atom is -0.494 e. The number of pyridine rings is 4. The molecule has 10 rings (SSSR count). The van der Waals surface area contributed by atoms with Crippen LogP contribution in [-0.2, 0) is 0 Å². The van der Waals surface area contributed by atoms with Gasteiger partial charge in [0.25, 0.3) is 0 Å². The quantitative estimate of drug-likeness (QED) is 0.0792. The number of ether oxygens (including phenoxy) is 2. The van der Waals surface area contributed by atoms with Gasteiger partial charge in [-0.2, -0.15) is 0 Å². The van der Waals surface area contributed by atoms with Crippen LogP contribution in [0.1, 0.15) is 65.2 Å². The van der Waals surface area contributed by atoms with Crippen LogP contribution in [0.5, 0.6) is 11.5 Å². The van der Waals surface area contributed by atoms with Crippen LogP contribution in [-0.4, -0.2) is 52.4 Å². The maximum Gasteiger partial charge on any atom is 0.168 e. The van der Waals surface area contributed by atoms with Gasteiger partial charge in [-0.15, -0.1) is 20.4 Å². The Morgan fingerprint density at radius 3 is 1.27 bits per heavy atom. The van der Waals surface area contributed by atoms with E-state index in [0.717, 1.165) is 115 Å². The van der Waals surface area contributed by atoms with Crippen molar-refractivity contribution in [1.29, 1.82) is 0 Å². The largest absolute Gasteiger partial charge is 0.494 e. The first-order valence-electron chi connectivity index (χ1n) is 21.2. The number of aromatic nitrogens is 8. The summed E-state index contributed by atoms with van der Waals surface area (Å²) in [6, 6.07) is 40.9. The fourth-order valence-electron chi connectivity index (χ4n) is 7.82. The number of rotatable bonds is 14. The third kappa shape index (κ3) is 7.93. The molecule has 0 amide bonds. The average molecular weight is 793 g/mol. The minimum absolute atomic E-state index is 0.759.